The molecule has 0 radical (unpaired) electrons. The van der Waals surface area contributed by atoms with Gasteiger partial charge in [-0.2, -0.15) is 0 Å². The molecule has 0 amide bonds. The van der Waals surface area contributed by atoms with E-state index in [2.05, 4.69) is 0 Å². The van der Waals surface area contributed by atoms with Crippen molar-refractivity contribution < 1.29 is 14.2 Å². The van der Waals surface area contributed by atoms with Gasteiger partial charge >= 0.3 is 0 Å². The highest BCUT2D eigenvalue weighted by molar-refractivity contribution is 14.1. The molecule has 0 heterocycles. The summed E-state index contributed by atoms with van der Waals surface area (Å²) in [6.07, 6.45) is -0.146. The molecule has 0 saturated heterocycles. The second-order valence-corrected chi connectivity index (χ2v) is 5.40. The van der Waals surface area contributed by atoms with Crippen LogP contribution in [0.15, 0.2) is 42.5 Å². The van der Waals surface area contributed by atoms with Crippen molar-refractivity contribution in [3.05, 3.63) is 63.0 Å². The molecule has 1 atom stereocenters. The quantitative estimate of drug-likeness (QED) is 0.830. The molecule has 0 aromatic heterocycles. The van der Waals surface area contributed by atoms with Crippen molar-refractivity contribution in [3.8, 4) is 5.75 Å². The Morgan fingerprint density at radius 3 is 2.47 bits per heavy atom. The highest BCUT2D eigenvalue weighted by atomic mass is 127. The highest BCUT2D eigenvalue weighted by Crippen LogP contribution is 2.24. The van der Waals surface area contributed by atoms with E-state index in [0.717, 1.165) is 20.4 Å². The van der Waals surface area contributed by atoms with Crippen LogP contribution in [0, 0.1) is 9.39 Å². The van der Waals surface area contributed by atoms with Gasteiger partial charge in [0.1, 0.15) is 11.6 Å². The van der Waals surface area contributed by atoms with Crippen molar-refractivity contribution in [2.45, 2.75) is 12.5 Å². The zero-order valence-electron chi connectivity index (χ0n) is 10.4. The number of rotatable bonds is 4. The van der Waals surface area contributed by atoms with E-state index in [0.29, 0.717) is 6.42 Å². The van der Waals surface area contributed by atoms with Gasteiger partial charge in [-0.1, -0.05) is 18.2 Å². The van der Waals surface area contributed by atoms with Gasteiger partial charge in [-0.25, -0.2) is 4.39 Å². The van der Waals surface area contributed by atoms with Crippen LogP contribution in [-0.4, -0.2) is 12.2 Å². The first kappa shape index (κ1) is 14.3. The van der Waals surface area contributed by atoms with Crippen LogP contribution >= 0.6 is 22.6 Å². The number of aliphatic hydroxyl groups excluding tert-OH is 1. The summed E-state index contributed by atoms with van der Waals surface area (Å²) in [6.45, 7) is 0. The molecule has 0 aliphatic rings. The van der Waals surface area contributed by atoms with Crippen molar-refractivity contribution in [3.63, 3.8) is 0 Å². The van der Waals surface area contributed by atoms with Gasteiger partial charge in [-0.15, -0.1) is 0 Å². The molecule has 1 unspecified atom stereocenters. The minimum atomic E-state index is -0.638. The Morgan fingerprint density at radius 1 is 1.21 bits per heavy atom. The molecule has 19 heavy (non-hydrogen) atoms. The summed E-state index contributed by atoms with van der Waals surface area (Å²) >= 11 is 2.04. The molecule has 0 aliphatic heterocycles. The molecule has 2 rings (SSSR count). The molecule has 2 aromatic carbocycles. The Bertz CT molecular complexity index is 555. The maximum absolute atomic E-state index is 13.0. The van der Waals surface area contributed by atoms with E-state index in [-0.39, 0.29) is 5.82 Å². The fraction of sp³-hybridized carbons (Fsp3) is 0.200. The normalized spacial score (nSPS) is 12.2. The van der Waals surface area contributed by atoms with E-state index in [1.54, 1.807) is 13.2 Å². The molecular weight excluding hydrogens is 358 g/mol. The van der Waals surface area contributed by atoms with E-state index >= 15 is 0 Å². The molecule has 1 N–H and O–H groups in total. The van der Waals surface area contributed by atoms with Crippen LogP contribution in [0.4, 0.5) is 4.39 Å². The molecule has 0 bridgehead atoms. The topological polar surface area (TPSA) is 29.5 Å². The van der Waals surface area contributed by atoms with E-state index < -0.39 is 6.10 Å². The first-order valence-electron chi connectivity index (χ1n) is 5.86. The number of hydrogen-bond acceptors (Lipinski definition) is 2. The average Bonchev–Trinajstić information content (AvgIpc) is 2.39. The zero-order chi connectivity index (χ0) is 13.8. The molecule has 2 nitrogen and oxygen atoms in total. The molecule has 0 saturated carbocycles. The van der Waals surface area contributed by atoms with Crippen LogP contribution in [0.5, 0.6) is 5.75 Å². The van der Waals surface area contributed by atoms with E-state index in [1.807, 2.05) is 46.9 Å². The summed E-state index contributed by atoms with van der Waals surface area (Å²) < 4.78 is 18.8. The SMILES string of the molecule is COc1ccc(CC(O)c2ccc(F)cc2I)cc1. The third kappa shape index (κ3) is 3.67. The highest BCUT2D eigenvalue weighted by Gasteiger charge is 2.12. The van der Waals surface area contributed by atoms with Crippen LogP contribution in [0.2, 0.25) is 0 Å². The summed E-state index contributed by atoms with van der Waals surface area (Å²) in [6, 6.07) is 12.0. The predicted octanol–water partition coefficient (Wildman–Crippen LogP) is 3.72. The maximum Gasteiger partial charge on any atom is 0.124 e. The minimum absolute atomic E-state index is 0.287. The Labute approximate surface area is 125 Å². The maximum atomic E-state index is 13.0. The van der Waals surface area contributed by atoms with Crippen LogP contribution in [0.3, 0.4) is 0 Å². The van der Waals surface area contributed by atoms with E-state index in [4.69, 9.17) is 4.74 Å². The molecule has 0 spiro atoms. The van der Waals surface area contributed by atoms with Crippen LogP contribution in [0.25, 0.3) is 0 Å². The van der Waals surface area contributed by atoms with Crippen LogP contribution in [0.1, 0.15) is 17.2 Å². The van der Waals surface area contributed by atoms with Crippen molar-refractivity contribution in [1.82, 2.24) is 0 Å². The molecule has 2 aromatic rings. The van der Waals surface area contributed by atoms with Crippen LogP contribution in [-0.2, 0) is 6.42 Å². The number of methoxy groups -OCH3 is 1. The van der Waals surface area contributed by atoms with Gasteiger partial charge in [0.15, 0.2) is 0 Å². The number of aliphatic hydroxyl groups is 1. The summed E-state index contributed by atoms with van der Waals surface area (Å²) in [5, 5.41) is 10.2. The Kier molecular flexibility index (Phi) is 4.76. The van der Waals surface area contributed by atoms with Crippen molar-refractivity contribution in [2.75, 3.05) is 7.11 Å². The molecule has 100 valence electrons. The second-order valence-electron chi connectivity index (χ2n) is 4.23. The summed E-state index contributed by atoms with van der Waals surface area (Å²) in [4.78, 5) is 0. The third-order valence-electron chi connectivity index (χ3n) is 2.91. The van der Waals surface area contributed by atoms with Gasteiger partial charge in [0.2, 0.25) is 0 Å². The first-order chi connectivity index (χ1) is 9.10. The summed E-state index contributed by atoms with van der Waals surface area (Å²) in [5.41, 5.74) is 1.76. The van der Waals surface area contributed by atoms with Crippen LogP contribution < -0.4 is 4.74 Å². The first-order valence-corrected chi connectivity index (χ1v) is 6.94. The Hall–Kier alpha value is -1.14. The van der Waals surface area contributed by atoms with Crippen molar-refractivity contribution in [2.24, 2.45) is 0 Å². The van der Waals surface area contributed by atoms with Gasteiger partial charge in [-0.05, 0) is 58.0 Å². The lowest BCUT2D eigenvalue weighted by atomic mass is 10.0. The standard InChI is InChI=1S/C15H14FIO2/c1-19-12-5-2-10(3-6-12)8-15(18)13-7-4-11(16)9-14(13)17/h2-7,9,15,18H,8H2,1H3. The van der Waals surface area contributed by atoms with Gasteiger partial charge in [0.05, 0.1) is 13.2 Å². The molecule has 4 heteroatoms. The molecular formula is C15H14FIO2. The summed E-state index contributed by atoms with van der Waals surface area (Å²) in [7, 11) is 1.62. The second kappa shape index (κ2) is 6.34. The number of hydrogen-bond donors (Lipinski definition) is 1. The Balaban J connectivity index is 2.13. The largest absolute Gasteiger partial charge is 0.497 e. The monoisotopic (exact) mass is 372 g/mol. The zero-order valence-corrected chi connectivity index (χ0v) is 12.6. The van der Waals surface area contributed by atoms with Crippen molar-refractivity contribution in [1.29, 1.82) is 0 Å². The molecule has 0 aliphatic carbocycles. The number of ether oxygens (including phenoxy) is 1. The van der Waals surface area contributed by atoms with E-state index in [9.17, 15) is 9.50 Å². The minimum Gasteiger partial charge on any atom is -0.497 e. The van der Waals surface area contributed by atoms with Gasteiger partial charge in [-0.3, -0.25) is 0 Å². The number of benzene rings is 2. The van der Waals surface area contributed by atoms with Gasteiger partial charge in [0, 0.05) is 9.99 Å². The van der Waals surface area contributed by atoms with Gasteiger partial charge in [0.25, 0.3) is 0 Å². The smallest absolute Gasteiger partial charge is 0.124 e. The van der Waals surface area contributed by atoms with Crippen molar-refractivity contribution >= 4 is 22.6 Å². The predicted molar refractivity (Wildman–Crippen MR) is 80.8 cm³/mol. The average molecular weight is 372 g/mol. The van der Waals surface area contributed by atoms with Gasteiger partial charge < -0.3 is 9.84 Å². The fourth-order valence-corrected chi connectivity index (χ4v) is 2.70. The molecule has 0 fully saturated rings. The summed E-state index contributed by atoms with van der Waals surface area (Å²) in [5.74, 6) is 0.499. The lowest BCUT2D eigenvalue weighted by molar-refractivity contribution is 0.177. The van der Waals surface area contributed by atoms with E-state index in [1.165, 1.54) is 12.1 Å². The fourth-order valence-electron chi connectivity index (χ4n) is 1.87. The number of halogens is 2. The third-order valence-corrected chi connectivity index (χ3v) is 3.84. The Morgan fingerprint density at radius 2 is 1.89 bits per heavy atom. The lowest BCUT2D eigenvalue weighted by Gasteiger charge is -2.13. The lowest BCUT2D eigenvalue weighted by Crippen LogP contribution is -2.04.